The molecule has 0 aromatic heterocycles. The van der Waals surface area contributed by atoms with Crippen molar-refractivity contribution in [3.05, 3.63) is 35.4 Å². The zero-order valence-corrected chi connectivity index (χ0v) is 11.9. The minimum Gasteiger partial charge on any atom is -0.461 e. The van der Waals surface area contributed by atoms with Gasteiger partial charge in [0.1, 0.15) is 0 Å². The van der Waals surface area contributed by atoms with Crippen LogP contribution in [0.15, 0.2) is 24.3 Å². The molecule has 5 nitrogen and oxygen atoms in total. The van der Waals surface area contributed by atoms with Crippen LogP contribution >= 0.6 is 0 Å². The van der Waals surface area contributed by atoms with Crippen molar-refractivity contribution in [3.63, 3.8) is 0 Å². The zero-order chi connectivity index (χ0) is 14.9. The average Bonchev–Trinajstić information content (AvgIpc) is 2.65. The van der Waals surface area contributed by atoms with Crippen LogP contribution in [0.1, 0.15) is 36.7 Å². The van der Waals surface area contributed by atoms with E-state index in [0.29, 0.717) is 12.1 Å². The number of carbonyl (C=O) groups excluding carboxylic acids is 2. The van der Waals surface area contributed by atoms with Crippen LogP contribution in [0.2, 0.25) is 0 Å². The van der Waals surface area contributed by atoms with Gasteiger partial charge in [-0.2, -0.15) is 0 Å². The summed E-state index contributed by atoms with van der Waals surface area (Å²) in [4.78, 5) is 25.5. The van der Waals surface area contributed by atoms with E-state index >= 15 is 0 Å². The number of hydrogen-bond acceptors (Lipinski definition) is 4. The van der Waals surface area contributed by atoms with Crippen molar-refractivity contribution in [1.82, 2.24) is 4.90 Å². The number of benzene rings is 1. The van der Waals surface area contributed by atoms with Gasteiger partial charge in [-0.05, 0) is 32.4 Å². The summed E-state index contributed by atoms with van der Waals surface area (Å²) in [7, 11) is 0. The number of esters is 1. The van der Waals surface area contributed by atoms with Gasteiger partial charge in [-0.3, -0.25) is 4.79 Å². The maximum Gasteiger partial charge on any atom is 0.339 e. The molecule has 0 radical (unpaired) electrons. The molecule has 1 aliphatic rings. The molecule has 0 bridgehead atoms. The first-order valence-corrected chi connectivity index (χ1v) is 6.62. The molecule has 0 aliphatic carbocycles. The van der Waals surface area contributed by atoms with Crippen molar-refractivity contribution < 1.29 is 19.4 Å². The lowest BCUT2D eigenvalue weighted by atomic mass is 10.1. The fraction of sp³-hybridized carbons (Fsp3) is 0.467. The fourth-order valence-electron chi connectivity index (χ4n) is 2.22. The molecule has 20 heavy (non-hydrogen) atoms. The Morgan fingerprint density at radius 2 is 2.10 bits per heavy atom. The van der Waals surface area contributed by atoms with E-state index < -0.39 is 11.6 Å². The van der Waals surface area contributed by atoms with Crippen molar-refractivity contribution in [2.75, 3.05) is 6.54 Å². The van der Waals surface area contributed by atoms with Crippen LogP contribution in [0.3, 0.4) is 0 Å². The summed E-state index contributed by atoms with van der Waals surface area (Å²) < 4.78 is 5.01. The Bertz CT molecular complexity index is 536. The number of nitrogens with zero attached hydrogens (tertiary/aromatic N) is 1. The molecule has 2 rings (SSSR count). The Hall–Kier alpha value is -1.88. The van der Waals surface area contributed by atoms with Crippen LogP contribution < -0.4 is 0 Å². The van der Waals surface area contributed by atoms with Gasteiger partial charge in [0, 0.05) is 12.1 Å². The molecule has 1 aromatic carbocycles. The van der Waals surface area contributed by atoms with E-state index in [0.717, 1.165) is 5.56 Å². The van der Waals surface area contributed by atoms with Crippen LogP contribution in [0.4, 0.5) is 0 Å². The number of hydrogen-bond donors (Lipinski definition) is 1. The highest BCUT2D eigenvalue weighted by Gasteiger charge is 2.39. The highest BCUT2D eigenvalue weighted by atomic mass is 16.6. The Labute approximate surface area is 118 Å². The monoisotopic (exact) mass is 277 g/mol. The van der Waals surface area contributed by atoms with Crippen LogP contribution in [-0.4, -0.2) is 40.1 Å². The number of rotatable bonds is 4. The van der Waals surface area contributed by atoms with Crippen LogP contribution in [0, 0.1) is 0 Å². The molecule has 0 spiro atoms. The molecule has 5 heteroatoms. The molecule has 1 aromatic rings. The van der Waals surface area contributed by atoms with Crippen molar-refractivity contribution in [2.24, 2.45) is 0 Å². The lowest BCUT2D eigenvalue weighted by Crippen LogP contribution is -2.48. The van der Waals surface area contributed by atoms with Gasteiger partial charge in [-0.1, -0.05) is 18.2 Å². The standard InChI is InChI=1S/C15H19NO4/c1-10(2)20-14(18)15(3,19)9-16-8-11-6-4-5-7-12(11)13(16)17/h4-7,10,19H,8-9H2,1-3H3/t15-/m1/s1. The third kappa shape index (κ3) is 2.82. The predicted octanol–water partition coefficient (Wildman–Crippen LogP) is 1.34. The smallest absolute Gasteiger partial charge is 0.339 e. The number of aliphatic hydroxyl groups is 1. The number of carbonyl (C=O) groups is 2. The average molecular weight is 277 g/mol. The lowest BCUT2D eigenvalue weighted by Gasteiger charge is -2.27. The summed E-state index contributed by atoms with van der Waals surface area (Å²) in [5.74, 6) is -0.880. The minimum atomic E-state index is -1.71. The van der Waals surface area contributed by atoms with E-state index in [-0.39, 0.29) is 18.6 Å². The Balaban J connectivity index is 2.08. The number of fused-ring (bicyclic) bond motifs is 1. The zero-order valence-electron chi connectivity index (χ0n) is 11.9. The van der Waals surface area contributed by atoms with Crippen molar-refractivity contribution >= 4 is 11.9 Å². The third-order valence-corrected chi connectivity index (χ3v) is 3.18. The molecule has 0 saturated carbocycles. The largest absolute Gasteiger partial charge is 0.461 e. The van der Waals surface area contributed by atoms with Gasteiger partial charge in [-0.15, -0.1) is 0 Å². The normalized spacial score (nSPS) is 17.1. The Morgan fingerprint density at radius 3 is 2.70 bits per heavy atom. The van der Waals surface area contributed by atoms with Gasteiger partial charge >= 0.3 is 5.97 Å². The summed E-state index contributed by atoms with van der Waals surface area (Å²) in [6.07, 6.45) is -0.305. The van der Waals surface area contributed by atoms with Crippen LogP contribution in [-0.2, 0) is 16.1 Å². The van der Waals surface area contributed by atoms with Gasteiger partial charge in [-0.25, -0.2) is 4.79 Å². The second-order valence-electron chi connectivity index (χ2n) is 5.55. The van der Waals surface area contributed by atoms with E-state index in [9.17, 15) is 14.7 Å². The highest BCUT2D eigenvalue weighted by Crippen LogP contribution is 2.24. The summed E-state index contributed by atoms with van der Waals surface area (Å²) in [5.41, 5.74) is -0.173. The maximum absolute atomic E-state index is 12.2. The van der Waals surface area contributed by atoms with E-state index in [4.69, 9.17) is 4.74 Å². The summed E-state index contributed by atoms with van der Waals surface area (Å²) in [6.45, 7) is 5.12. The summed E-state index contributed by atoms with van der Waals surface area (Å²) >= 11 is 0. The molecule has 1 atom stereocenters. The van der Waals surface area contributed by atoms with Crippen molar-refractivity contribution in [3.8, 4) is 0 Å². The van der Waals surface area contributed by atoms with Gasteiger partial charge in [0.25, 0.3) is 5.91 Å². The van der Waals surface area contributed by atoms with E-state index in [2.05, 4.69) is 0 Å². The number of amides is 1. The number of ether oxygens (including phenoxy) is 1. The second-order valence-corrected chi connectivity index (χ2v) is 5.55. The van der Waals surface area contributed by atoms with Gasteiger partial charge in [0.15, 0.2) is 5.60 Å². The first-order valence-electron chi connectivity index (χ1n) is 6.62. The lowest BCUT2D eigenvalue weighted by molar-refractivity contribution is -0.168. The van der Waals surface area contributed by atoms with Crippen molar-refractivity contribution in [2.45, 2.75) is 39.0 Å². The molecule has 1 N–H and O–H groups in total. The molecule has 0 saturated heterocycles. The predicted molar refractivity (Wildman–Crippen MR) is 73.0 cm³/mol. The topological polar surface area (TPSA) is 66.8 Å². The summed E-state index contributed by atoms with van der Waals surface area (Å²) in [5, 5.41) is 10.2. The maximum atomic E-state index is 12.2. The highest BCUT2D eigenvalue weighted by molar-refractivity contribution is 5.98. The minimum absolute atomic E-state index is 0.0773. The fourth-order valence-corrected chi connectivity index (χ4v) is 2.22. The second kappa shape index (κ2) is 5.25. The van der Waals surface area contributed by atoms with Gasteiger partial charge < -0.3 is 14.7 Å². The van der Waals surface area contributed by atoms with Crippen molar-refractivity contribution in [1.29, 1.82) is 0 Å². The molecule has 1 aliphatic heterocycles. The first-order chi connectivity index (χ1) is 9.31. The first kappa shape index (κ1) is 14.5. The Kier molecular flexibility index (Phi) is 3.81. The SMILES string of the molecule is CC(C)OC(=O)[C@](C)(O)CN1Cc2ccccc2C1=O. The van der Waals surface area contributed by atoms with Crippen LogP contribution in [0.25, 0.3) is 0 Å². The molecular weight excluding hydrogens is 258 g/mol. The van der Waals surface area contributed by atoms with E-state index in [1.54, 1.807) is 26.0 Å². The Morgan fingerprint density at radius 1 is 1.45 bits per heavy atom. The van der Waals surface area contributed by atoms with Gasteiger partial charge in [0.2, 0.25) is 0 Å². The molecular formula is C15H19NO4. The molecule has 1 heterocycles. The van der Waals surface area contributed by atoms with E-state index in [1.165, 1.54) is 11.8 Å². The van der Waals surface area contributed by atoms with E-state index in [1.807, 2.05) is 12.1 Å². The molecule has 0 fully saturated rings. The number of β-amino-alcohol motifs (C(OH)–C–C–N with tert-alkyl or cyclic N) is 1. The molecule has 1 amide bonds. The quantitative estimate of drug-likeness (QED) is 0.843. The molecule has 0 unspecified atom stereocenters. The van der Waals surface area contributed by atoms with Gasteiger partial charge in [0.05, 0.1) is 12.6 Å². The summed E-state index contributed by atoms with van der Waals surface area (Å²) in [6, 6.07) is 7.28. The third-order valence-electron chi connectivity index (χ3n) is 3.18. The van der Waals surface area contributed by atoms with Crippen LogP contribution in [0.5, 0.6) is 0 Å². The molecule has 108 valence electrons.